The SMILES string of the molecule is OC(CCl)CNc1ccc(Cl)c(F)c1. The fourth-order valence-electron chi connectivity index (χ4n) is 0.896. The molecular formula is C9H10Cl2FNO. The lowest BCUT2D eigenvalue weighted by Gasteiger charge is -2.09. The maximum Gasteiger partial charge on any atom is 0.143 e. The zero-order chi connectivity index (χ0) is 10.6. The minimum atomic E-state index is -0.643. The highest BCUT2D eigenvalue weighted by atomic mass is 35.5. The standard InChI is InChI=1S/C9H10Cl2FNO/c10-4-7(14)5-13-6-1-2-8(11)9(12)3-6/h1-3,7,13-14H,4-5H2. The Bertz CT molecular complexity index is 309. The monoisotopic (exact) mass is 237 g/mol. The van der Waals surface area contributed by atoms with Gasteiger partial charge < -0.3 is 10.4 Å². The van der Waals surface area contributed by atoms with Gasteiger partial charge in [0.05, 0.1) is 17.0 Å². The molecule has 0 radical (unpaired) electrons. The number of benzene rings is 1. The molecule has 0 amide bonds. The number of hydrogen-bond acceptors (Lipinski definition) is 2. The number of anilines is 1. The van der Waals surface area contributed by atoms with E-state index in [1.165, 1.54) is 12.1 Å². The van der Waals surface area contributed by atoms with Crippen molar-refractivity contribution in [1.82, 2.24) is 0 Å². The molecule has 1 rings (SSSR count). The summed E-state index contributed by atoms with van der Waals surface area (Å²) in [6.45, 7) is 0.282. The van der Waals surface area contributed by atoms with Gasteiger partial charge in [0.25, 0.3) is 0 Å². The molecule has 78 valence electrons. The molecule has 2 N–H and O–H groups in total. The fraction of sp³-hybridized carbons (Fsp3) is 0.333. The number of hydrogen-bond donors (Lipinski definition) is 2. The summed E-state index contributed by atoms with van der Waals surface area (Å²) < 4.78 is 12.9. The van der Waals surface area contributed by atoms with Crippen molar-refractivity contribution >= 4 is 28.9 Å². The molecule has 0 aliphatic heterocycles. The van der Waals surface area contributed by atoms with E-state index < -0.39 is 11.9 Å². The third kappa shape index (κ3) is 3.33. The molecule has 1 atom stereocenters. The van der Waals surface area contributed by atoms with Crippen LogP contribution in [0.2, 0.25) is 5.02 Å². The van der Waals surface area contributed by atoms with E-state index in [2.05, 4.69) is 5.32 Å². The highest BCUT2D eigenvalue weighted by molar-refractivity contribution is 6.30. The molecule has 0 heterocycles. The summed E-state index contributed by atoms with van der Waals surface area (Å²) in [5.74, 6) is -0.347. The second kappa shape index (κ2) is 5.39. The number of alkyl halides is 1. The van der Waals surface area contributed by atoms with Gasteiger partial charge in [-0.3, -0.25) is 0 Å². The Morgan fingerprint density at radius 2 is 2.21 bits per heavy atom. The van der Waals surface area contributed by atoms with E-state index in [0.29, 0.717) is 5.69 Å². The van der Waals surface area contributed by atoms with Crippen LogP contribution in [0.3, 0.4) is 0 Å². The van der Waals surface area contributed by atoms with Crippen LogP contribution in [-0.4, -0.2) is 23.6 Å². The summed E-state index contributed by atoms with van der Waals surface area (Å²) in [5.41, 5.74) is 0.566. The average molecular weight is 238 g/mol. The van der Waals surface area contributed by atoms with Crippen molar-refractivity contribution in [3.63, 3.8) is 0 Å². The summed E-state index contributed by atoms with van der Waals surface area (Å²) >= 11 is 10.9. The second-order valence-corrected chi connectivity index (χ2v) is 3.53. The molecule has 0 fully saturated rings. The van der Waals surface area contributed by atoms with E-state index in [1.54, 1.807) is 6.07 Å². The largest absolute Gasteiger partial charge is 0.390 e. The lowest BCUT2D eigenvalue weighted by atomic mass is 10.3. The van der Waals surface area contributed by atoms with Gasteiger partial charge in [-0.15, -0.1) is 11.6 Å². The van der Waals surface area contributed by atoms with Crippen LogP contribution in [0.15, 0.2) is 18.2 Å². The molecule has 0 aromatic heterocycles. The Kier molecular flexibility index (Phi) is 4.45. The molecule has 0 spiro atoms. The van der Waals surface area contributed by atoms with Gasteiger partial charge in [-0.1, -0.05) is 11.6 Å². The topological polar surface area (TPSA) is 32.3 Å². The highest BCUT2D eigenvalue weighted by Gasteiger charge is 2.03. The van der Waals surface area contributed by atoms with Crippen molar-refractivity contribution in [1.29, 1.82) is 0 Å². The first-order valence-corrected chi connectivity index (χ1v) is 4.97. The van der Waals surface area contributed by atoms with E-state index >= 15 is 0 Å². The Balaban J connectivity index is 2.55. The summed E-state index contributed by atoms with van der Waals surface area (Å²) in [4.78, 5) is 0. The van der Waals surface area contributed by atoms with Gasteiger partial charge in [-0.05, 0) is 18.2 Å². The zero-order valence-electron chi connectivity index (χ0n) is 7.30. The van der Waals surface area contributed by atoms with Gasteiger partial charge in [0.1, 0.15) is 5.82 Å². The second-order valence-electron chi connectivity index (χ2n) is 2.82. The minimum Gasteiger partial charge on any atom is -0.390 e. The van der Waals surface area contributed by atoms with Crippen molar-refractivity contribution in [2.24, 2.45) is 0 Å². The Morgan fingerprint density at radius 1 is 1.50 bits per heavy atom. The van der Waals surface area contributed by atoms with Crippen molar-refractivity contribution < 1.29 is 9.50 Å². The van der Waals surface area contributed by atoms with Crippen molar-refractivity contribution in [3.8, 4) is 0 Å². The first kappa shape index (κ1) is 11.6. The molecule has 14 heavy (non-hydrogen) atoms. The first-order chi connectivity index (χ1) is 6.63. The van der Waals surface area contributed by atoms with Gasteiger partial charge in [0.2, 0.25) is 0 Å². The number of aliphatic hydroxyl groups excluding tert-OH is 1. The van der Waals surface area contributed by atoms with Gasteiger partial charge in [0.15, 0.2) is 0 Å². The van der Waals surface area contributed by atoms with E-state index in [0.717, 1.165) is 0 Å². The van der Waals surface area contributed by atoms with Crippen LogP contribution >= 0.6 is 23.2 Å². The molecule has 0 aliphatic rings. The predicted octanol–water partition coefficient (Wildman–Crippen LogP) is 2.49. The molecule has 0 aliphatic carbocycles. The predicted molar refractivity (Wildman–Crippen MR) is 56.6 cm³/mol. The molecule has 1 aromatic rings. The molecule has 2 nitrogen and oxygen atoms in total. The van der Waals surface area contributed by atoms with Crippen molar-refractivity contribution in [3.05, 3.63) is 29.0 Å². The molecule has 1 aromatic carbocycles. The Hall–Kier alpha value is -0.510. The van der Waals surface area contributed by atoms with Crippen LogP contribution in [0, 0.1) is 5.82 Å². The van der Waals surface area contributed by atoms with Crippen LogP contribution in [0.1, 0.15) is 0 Å². The number of aliphatic hydroxyl groups is 1. The quantitative estimate of drug-likeness (QED) is 0.790. The third-order valence-electron chi connectivity index (χ3n) is 1.64. The molecule has 0 bridgehead atoms. The zero-order valence-corrected chi connectivity index (χ0v) is 8.82. The number of nitrogens with one attached hydrogen (secondary N) is 1. The van der Waals surface area contributed by atoms with Crippen LogP contribution in [0.25, 0.3) is 0 Å². The van der Waals surface area contributed by atoms with E-state index in [9.17, 15) is 4.39 Å². The number of rotatable bonds is 4. The minimum absolute atomic E-state index is 0.0773. The molecular weight excluding hydrogens is 228 g/mol. The Morgan fingerprint density at radius 3 is 2.79 bits per heavy atom. The molecule has 5 heteroatoms. The number of halogens is 3. The molecule has 1 unspecified atom stereocenters. The van der Waals surface area contributed by atoms with E-state index in [-0.39, 0.29) is 17.4 Å². The van der Waals surface area contributed by atoms with Crippen molar-refractivity contribution in [2.75, 3.05) is 17.7 Å². The maximum atomic E-state index is 12.9. The van der Waals surface area contributed by atoms with Gasteiger partial charge in [0, 0.05) is 12.2 Å². The van der Waals surface area contributed by atoms with E-state index in [1.807, 2.05) is 0 Å². The lowest BCUT2D eigenvalue weighted by Crippen LogP contribution is -2.20. The summed E-state index contributed by atoms with van der Waals surface area (Å²) in [5, 5.41) is 12.0. The first-order valence-electron chi connectivity index (χ1n) is 4.06. The van der Waals surface area contributed by atoms with Crippen LogP contribution in [0.5, 0.6) is 0 Å². The Labute approximate surface area is 91.6 Å². The van der Waals surface area contributed by atoms with Gasteiger partial charge in [-0.25, -0.2) is 4.39 Å². The normalized spacial score (nSPS) is 12.6. The van der Waals surface area contributed by atoms with E-state index in [4.69, 9.17) is 28.3 Å². The van der Waals surface area contributed by atoms with Crippen LogP contribution < -0.4 is 5.32 Å². The maximum absolute atomic E-state index is 12.9. The molecule has 0 saturated carbocycles. The summed E-state index contributed by atoms with van der Waals surface area (Å²) in [6.07, 6.45) is -0.643. The molecule has 0 saturated heterocycles. The fourth-order valence-corrected chi connectivity index (χ4v) is 1.12. The van der Waals surface area contributed by atoms with Crippen LogP contribution in [-0.2, 0) is 0 Å². The van der Waals surface area contributed by atoms with Gasteiger partial charge in [-0.2, -0.15) is 0 Å². The highest BCUT2D eigenvalue weighted by Crippen LogP contribution is 2.18. The third-order valence-corrected chi connectivity index (χ3v) is 2.30. The van der Waals surface area contributed by atoms with Crippen LogP contribution in [0.4, 0.5) is 10.1 Å². The van der Waals surface area contributed by atoms with Gasteiger partial charge >= 0.3 is 0 Å². The summed E-state index contributed by atoms with van der Waals surface area (Å²) in [7, 11) is 0. The average Bonchev–Trinajstić information content (AvgIpc) is 2.19. The smallest absolute Gasteiger partial charge is 0.143 e. The summed E-state index contributed by atoms with van der Waals surface area (Å²) in [6, 6.07) is 4.35. The lowest BCUT2D eigenvalue weighted by molar-refractivity contribution is 0.211. The van der Waals surface area contributed by atoms with Crippen molar-refractivity contribution in [2.45, 2.75) is 6.10 Å².